The molecule has 0 spiro atoms. The van der Waals surface area contributed by atoms with Gasteiger partial charge in [0.05, 0.1) is 25.2 Å². The van der Waals surface area contributed by atoms with Crippen LogP contribution in [0.3, 0.4) is 0 Å². The molecule has 3 aromatic rings. The number of nitro benzene ring substituents is 1. The number of hydrogen-bond donors (Lipinski definition) is 1. The van der Waals surface area contributed by atoms with Crippen LogP contribution in [0.15, 0.2) is 53.9 Å². The van der Waals surface area contributed by atoms with Gasteiger partial charge >= 0.3 is 5.97 Å². The first-order chi connectivity index (χ1) is 16.4. The van der Waals surface area contributed by atoms with Crippen molar-refractivity contribution in [2.45, 2.75) is 19.8 Å². The highest BCUT2D eigenvalue weighted by Gasteiger charge is 2.23. The van der Waals surface area contributed by atoms with Crippen molar-refractivity contribution in [1.29, 1.82) is 0 Å². The second-order valence-electron chi connectivity index (χ2n) is 7.03. The summed E-state index contributed by atoms with van der Waals surface area (Å²) >= 11 is 1.19. The molecule has 0 aliphatic heterocycles. The highest BCUT2D eigenvalue weighted by molar-refractivity contribution is 7.15. The van der Waals surface area contributed by atoms with Crippen molar-refractivity contribution in [2.24, 2.45) is 0 Å². The fourth-order valence-electron chi connectivity index (χ4n) is 3.17. The van der Waals surface area contributed by atoms with E-state index in [9.17, 15) is 19.7 Å². The largest absolute Gasteiger partial charge is 0.493 e. The standard InChI is InChI=1S/C24H24N2O7S/c1-3-32-24(28)22-18(16-10-12-17(13-11-16)26(29)30)15-34-23(22)25-21(27)9-6-14-33-20-8-5-4-7-19(20)31-2/h4-5,7-8,10-13,15H,3,6,9,14H2,1-2H3,(H,25,27). The van der Waals surface area contributed by atoms with E-state index in [1.165, 1.54) is 23.5 Å². The molecule has 9 nitrogen and oxygen atoms in total. The lowest BCUT2D eigenvalue weighted by Gasteiger charge is -2.11. The second kappa shape index (κ2) is 11.8. The molecule has 34 heavy (non-hydrogen) atoms. The number of carbonyl (C=O) groups excluding carboxylic acids is 2. The first-order valence-corrected chi connectivity index (χ1v) is 11.4. The average molecular weight is 485 g/mol. The van der Waals surface area contributed by atoms with Crippen molar-refractivity contribution in [1.82, 2.24) is 0 Å². The summed E-state index contributed by atoms with van der Waals surface area (Å²) in [6.07, 6.45) is 0.640. The zero-order valence-corrected chi connectivity index (χ0v) is 19.6. The molecule has 3 rings (SSSR count). The number of esters is 1. The van der Waals surface area contributed by atoms with Gasteiger partial charge in [0, 0.05) is 29.5 Å². The summed E-state index contributed by atoms with van der Waals surface area (Å²) in [5.74, 6) is 0.363. The number of para-hydroxylation sites is 2. The summed E-state index contributed by atoms with van der Waals surface area (Å²) in [4.78, 5) is 35.6. The number of anilines is 1. The molecular formula is C24H24N2O7S. The van der Waals surface area contributed by atoms with Gasteiger partial charge in [0.25, 0.3) is 5.69 Å². The third-order valence-corrected chi connectivity index (χ3v) is 5.68. The van der Waals surface area contributed by atoms with Gasteiger partial charge < -0.3 is 19.5 Å². The SMILES string of the molecule is CCOC(=O)c1c(-c2ccc([N+](=O)[O-])cc2)csc1NC(=O)CCCOc1ccccc1OC. The Hall–Kier alpha value is -3.92. The summed E-state index contributed by atoms with van der Waals surface area (Å²) in [5.41, 5.74) is 1.31. The number of methoxy groups -OCH3 is 1. The van der Waals surface area contributed by atoms with Crippen molar-refractivity contribution >= 4 is 33.9 Å². The Morgan fingerprint density at radius 3 is 2.44 bits per heavy atom. The number of non-ortho nitro benzene ring substituents is 1. The third-order valence-electron chi connectivity index (χ3n) is 4.79. The number of rotatable bonds is 11. The van der Waals surface area contributed by atoms with Gasteiger partial charge in [-0.2, -0.15) is 0 Å². The van der Waals surface area contributed by atoms with E-state index >= 15 is 0 Å². The van der Waals surface area contributed by atoms with E-state index in [2.05, 4.69) is 5.32 Å². The number of hydrogen-bond acceptors (Lipinski definition) is 8. The number of carbonyl (C=O) groups is 2. The number of nitrogens with one attached hydrogen (secondary N) is 1. The maximum absolute atomic E-state index is 12.6. The summed E-state index contributed by atoms with van der Waals surface area (Å²) in [6, 6.07) is 13.1. The van der Waals surface area contributed by atoms with Crippen LogP contribution in [0.2, 0.25) is 0 Å². The molecule has 10 heteroatoms. The smallest absolute Gasteiger partial charge is 0.341 e. The van der Waals surface area contributed by atoms with Crippen LogP contribution in [-0.2, 0) is 9.53 Å². The molecule has 1 N–H and O–H groups in total. The van der Waals surface area contributed by atoms with Crippen molar-refractivity contribution < 1.29 is 28.7 Å². The minimum Gasteiger partial charge on any atom is -0.493 e. The number of nitrogens with zero attached hydrogens (tertiary/aromatic N) is 1. The lowest BCUT2D eigenvalue weighted by Crippen LogP contribution is -2.15. The first kappa shape index (κ1) is 24.7. The number of amides is 1. The molecule has 1 amide bonds. The number of benzene rings is 2. The van der Waals surface area contributed by atoms with Crippen molar-refractivity contribution in [2.75, 3.05) is 25.6 Å². The minimum atomic E-state index is -0.577. The Balaban J connectivity index is 1.67. The Morgan fingerprint density at radius 1 is 1.09 bits per heavy atom. The van der Waals surface area contributed by atoms with Gasteiger partial charge in [0.2, 0.25) is 5.91 Å². The average Bonchev–Trinajstić information content (AvgIpc) is 3.25. The van der Waals surface area contributed by atoms with Gasteiger partial charge in [-0.25, -0.2) is 4.79 Å². The predicted molar refractivity (Wildman–Crippen MR) is 129 cm³/mol. The second-order valence-corrected chi connectivity index (χ2v) is 7.91. The highest BCUT2D eigenvalue weighted by atomic mass is 32.1. The quantitative estimate of drug-likeness (QED) is 0.170. The molecule has 0 atom stereocenters. The minimum absolute atomic E-state index is 0.0551. The topological polar surface area (TPSA) is 117 Å². The Morgan fingerprint density at radius 2 is 1.79 bits per heavy atom. The zero-order valence-electron chi connectivity index (χ0n) is 18.7. The normalized spacial score (nSPS) is 10.4. The van der Waals surface area contributed by atoms with Crippen LogP contribution in [0.4, 0.5) is 10.7 Å². The molecule has 0 aliphatic carbocycles. The lowest BCUT2D eigenvalue weighted by molar-refractivity contribution is -0.384. The van der Waals surface area contributed by atoms with Gasteiger partial charge in [-0.15, -0.1) is 11.3 Å². The van der Waals surface area contributed by atoms with E-state index in [4.69, 9.17) is 14.2 Å². The van der Waals surface area contributed by atoms with Gasteiger partial charge in [0.1, 0.15) is 10.6 Å². The fraction of sp³-hybridized carbons (Fsp3) is 0.250. The molecule has 0 fully saturated rings. The van der Waals surface area contributed by atoms with E-state index in [1.54, 1.807) is 43.7 Å². The zero-order chi connectivity index (χ0) is 24.5. The van der Waals surface area contributed by atoms with Crippen molar-refractivity contribution in [3.8, 4) is 22.6 Å². The van der Waals surface area contributed by atoms with E-state index in [-0.39, 0.29) is 30.2 Å². The van der Waals surface area contributed by atoms with Gasteiger partial charge in [-0.3, -0.25) is 14.9 Å². The molecule has 0 saturated carbocycles. The Kier molecular flexibility index (Phi) is 8.58. The van der Waals surface area contributed by atoms with Gasteiger partial charge in [-0.1, -0.05) is 12.1 Å². The maximum atomic E-state index is 12.6. The Bertz CT molecular complexity index is 1160. The van der Waals surface area contributed by atoms with E-state index in [0.29, 0.717) is 40.7 Å². The number of nitro groups is 1. The van der Waals surface area contributed by atoms with Crippen LogP contribution in [0.25, 0.3) is 11.1 Å². The molecule has 0 saturated heterocycles. The molecule has 178 valence electrons. The predicted octanol–water partition coefficient (Wildman–Crippen LogP) is 5.31. The van der Waals surface area contributed by atoms with Crippen LogP contribution in [-0.4, -0.2) is 37.1 Å². The van der Waals surface area contributed by atoms with E-state index < -0.39 is 10.9 Å². The Labute approximate surface area is 200 Å². The van der Waals surface area contributed by atoms with E-state index in [1.807, 2.05) is 12.1 Å². The third kappa shape index (κ3) is 6.10. The van der Waals surface area contributed by atoms with Crippen LogP contribution in [0, 0.1) is 10.1 Å². The molecule has 0 aliphatic rings. The molecule has 0 unspecified atom stereocenters. The molecule has 1 heterocycles. The molecular weight excluding hydrogens is 460 g/mol. The molecule has 1 aromatic heterocycles. The number of thiophene rings is 1. The number of ether oxygens (including phenoxy) is 3. The molecule has 0 radical (unpaired) electrons. The van der Waals surface area contributed by atoms with E-state index in [0.717, 1.165) is 0 Å². The van der Waals surface area contributed by atoms with Crippen molar-refractivity contribution in [3.63, 3.8) is 0 Å². The van der Waals surface area contributed by atoms with Crippen molar-refractivity contribution in [3.05, 3.63) is 69.6 Å². The summed E-state index contributed by atoms with van der Waals surface area (Å²) < 4.78 is 16.1. The van der Waals surface area contributed by atoms with Crippen LogP contribution in [0.5, 0.6) is 11.5 Å². The van der Waals surface area contributed by atoms with Crippen LogP contribution >= 0.6 is 11.3 Å². The summed E-state index contributed by atoms with van der Waals surface area (Å²) in [7, 11) is 1.56. The highest BCUT2D eigenvalue weighted by Crippen LogP contribution is 2.37. The summed E-state index contributed by atoms with van der Waals surface area (Å²) in [5, 5.41) is 15.8. The lowest BCUT2D eigenvalue weighted by atomic mass is 10.0. The van der Waals surface area contributed by atoms with Crippen LogP contribution < -0.4 is 14.8 Å². The fourth-order valence-corrected chi connectivity index (χ4v) is 4.15. The van der Waals surface area contributed by atoms with Crippen LogP contribution in [0.1, 0.15) is 30.1 Å². The van der Waals surface area contributed by atoms with Gasteiger partial charge in [0.15, 0.2) is 11.5 Å². The summed E-state index contributed by atoms with van der Waals surface area (Å²) in [6.45, 7) is 2.18. The molecule has 0 bridgehead atoms. The maximum Gasteiger partial charge on any atom is 0.341 e. The monoisotopic (exact) mass is 484 g/mol. The van der Waals surface area contributed by atoms with Gasteiger partial charge in [-0.05, 0) is 43.2 Å². The first-order valence-electron chi connectivity index (χ1n) is 10.5. The molecule has 2 aromatic carbocycles.